The van der Waals surface area contributed by atoms with Crippen LogP contribution < -0.4 is 9.80 Å². The summed E-state index contributed by atoms with van der Waals surface area (Å²) in [6.45, 7) is 18.7. The summed E-state index contributed by atoms with van der Waals surface area (Å²) in [5.41, 5.74) is 32.7. The van der Waals surface area contributed by atoms with E-state index in [9.17, 15) is 0 Å². The first-order valence-electron chi connectivity index (χ1n) is 40.4. The lowest BCUT2D eigenvalue weighted by atomic mass is 9.82. The van der Waals surface area contributed by atoms with E-state index in [1.165, 1.54) is 263 Å². The van der Waals surface area contributed by atoms with Gasteiger partial charge in [-0.3, -0.25) is 0 Å². The topological polar surface area (TPSA) is 6.48 Å². The van der Waals surface area contributed by atoms with E-state index in [-0.39, 0.29) is 0 Å². The molecule has 104 heavy (non-hydrogen) atoms. The predicted octanol–water partition coefficient (Wildman–Crippen LogP) is 31.8. The summed E-state index contributed by atoms with van der Waals surface area (Å²) in [5.74, 6) is 0.397. The lowest BCUT2D eigenvalue weighted by Gasteiger charge is -2.34. The molecule has 1 aliphatic rings. The van der Waals surface area contributed by atoms with Crippen LogP contribution >= 0.6 is 31.9 Å². The van der Waals surface area contributed by atoms with Gasteiger partial charge in [0.25, 0.3) is 0 Å². The Morgan fingerprint density at radius 3 is 1.09 bits per heavy atom. The monoisotopic (exact) mass is 1500 g/mol. The second-order valence-electron chi connectivity index (χ2n) is 29.8. The molecule has 0 radical (unpaired) electrons. The molecule has 0 aliphatic heterocycles. The molecule has 11 rings (SSSR count). The summed E-state index contributed by atoms with van der Waals surface area (Å²) >= 11 is 7.34. The fourth-order valence-electron chi connectivity index (χ4n) is 15.9. The minimum atomic E-state index is 0.397. The van der Waals surface area contributed by atoms with E-state index < -0.39 is 0 Å². The Kier molecular flexibility index (Phi) is 29.4. The molecule has 1 aliphatic carbocycles. The maximum absolute atomic E-state index is 3.67. The number of benzene rings is 10. The first kappa shape index (κ1) is 77.3. The number of aryl methyl sites for hydroxylation is 7. The highest BCUT2D eigenvalue weighted by Crippen LogP contribution is 2.46. The van der Waals surface area contributed by atoms with Crippen molar-refractivity contribution in [3.63, 3.8) is 0 Å². The van der Waals surface area contributed by atoms with Crippen molar-refractivity contribution in [1.82, 2.24) is 0 Å². The van der Waals surface area contributed by atoms with Crippen LogP contribution in [0.1, 0.15) is 227 Å². The summed E-state index contributed by atoms with van der Waals surface area (Å²) in [7, 11) is 0. The van der Waals surface area contributed by atoms with Gasteiger partial charge in [-0.05, 0) is 287 Å². The number of hydrogen-bond donors (Lipinski definition) is 0. The molecule has 1 unspecified atom stereocenters. The summed E-state index contributed by atoms with van der Waals surface area (Å²) in [5, 5.41) is 0. The van der Waals surface area contributed by atoms with Gasteiger partial charge >= 0.3 is 0 Å². The van der Waals surface area contributed by atoms with E-state index in [0.29, 0.717) is 5.92 Å². The third kappa shape index (κ3) is 20.4. The third-order valence-corrected chi connectivity index (χ3v) is 23.2. The molecule has 2 nitrogen and oxygen atoms in total. The van der Waals surface area contributed by atoms with E-state index in [2.05, 4.69) is 322 Å². The van der Waals surface area contributed by atoms with E-state index >= 15 is 0 Å². The lowest BCUT2D eigenvalue weighted by molar-refractivity contribution is 0.607. The van der Waals surface area contributed by atoms with Gasteiger partial charge in [-0.2, -0.15) is 0 Å². The Hall–Kier alpha value is -7.76. The summed E-state index contributed by atoms with van der Waals surface area (Å²) in [6.07, 6.45) is 37.9. The lowest BCUT2D eigenvalue weighted by Crippen LogP contribution is -2.21. The molecule has 10 aromatic carbocycles. The minimum Gasteiger partial charge on any atom is -0.314 e. The number of unbranched alkanes of at least 4 members (excludes halogenated alkanes) is 16. The Bertz CT molecular complexity index is 4380. The van der Waals surface area contributed by atoms with Crippen molar-refractivity contribution in [3.05, 3.63) is 284 Å². The smallest absolute Gasteiger partial charge is 0.0464 e. The Labute approximate surface area is 644 Å². The normalized spacial score (nSPS) is 12.9. The van der Waals surface area contributed by atoms with Crippen LogP contribution in [0.15, 0.2) is 239 Å². The highest BCUT2D eigenvalue weighted by molar-refractivity contribution is 9.10. The van der Waals surface area contributed by atoms with Crippen LogP contribution in [0, 0.1) is 19.8 Å². The van der Waals surface area contributed by atoms with Gasteiger partial charge in [-0.15, -0.1) is 0 Å². The van der Waals surface area contributed by atoms with Gasteiger partial charge in [0.05, 0.1) is 0 Å². The van der Waals surface area contributed by atoms with E-state index in [0.717, 1.165) is 58.8 Å². The predicted molar refractivity (Wildman–Crippen MR) is 462 cm³/mol. The molecular formula is C100H116Br2N2. The van der Waals surface area contributed by atoms with Gasteiger partial charge in [0, 0.05) is 43.1 Å². The highest BCUT2D eigenvalue weighted by atomic mass is 79.9. The zero-order valence-corrected chi connectivity index (χ0v) is 67.4. The Morgan fingerprint density at radius 2 is 0.654 bits per heavy atom. The number of halogens is 2. The van der Waals surface area contributed by atoms with Gasteiger partial charge in [0.1, 0.15) is 0 Å². The SMILES string of the molecule is CCCCCCCCc1ccc(C2=CC=C(N(c3ccc(-c4ccc(Br)cc4)cc3)c3ccc(-c4cc(CCCCCC)c(-c5ccc(N(c6ccc(-c7ccc(Br)cc7)cc6)c6ccc(-c7ccc(CCCCCCCC)cc7)c(CC)c6)cc5C)cc4CCCCCC)c(C)c3)CC2CC)cc1. The first-order chi connectivity index (χ1) is 51.0. The molecule has 1 atom stereocenters. The maximum Gasteiger partial charge on any atom is 0.0464 e. The Morgan fingerprint density at radius 1 is 0.298 bits per heavy atom. The van der Waals surface area contributed by atoms with Gasteiger partial charge in [-0.25, -0.2) is 0 Å². The van der Waals surface area contributed by atoms with Crippen molar-refractivity contribution in [1.29, 1.82) is 0 Å². The summed E-state index contributed by atoms with van der Waals surface area (Å²) < 4.78 is 2.18. The second kappa shape index (κ2) is 39.6. The summed E-state index contributed by atoms with van der Waals surface area (Å²) in [6, 6.07) is 82.1. The van der Waals surface area contributed by atoms with Gasteiger partial charge in [-0.1, -0.05) is 310 Å². The molecule has 0 amide bonds. The van der Waals surface area contributed by atoms with Crippen LogP contribution in [-0.4, -0.2) is 0 Å². The van der Waals surface area contributed by atoms with Crippen molar-refractivity contribution in [2.24, 2.45) is 5.92 Å². The number of nitrogens with zero attached hydrogens (tertiary/aromatic N) is 2. The largest absolute Gasteiger partial charge is 0.314 e. The van der Waals surface area contributed by atoms with Crippen molar-refractivity contribution in [3.8, 4) is 55.6 Å². The van der Waals surface area contributed by atoms with Crippen LogP contribution in [-0.2, 0) is 32.1 Å². The molecule has 0 fully saturated rings. The van der Waals surface area contributed by atoms with Gasteiger partial charge in [0.2, 0.25) is 0 Å². The molecule has 10 aromatic rings. The van der Waals surface area contributed by atoms with Crippen LogP contribution in [0.5, 0.6) is 0 Å². The standard InChI is InChI=1S/C100H116Br2N2/c1-9-15-19-23-25-27-31-75-35-39-83(40-36-75)97-65-61-93(69-77(97)13-5)103(89-55-47-81(48-56-89)79-43-51-87(101)52-44-79)91-59-63-95(73(7)67-91)99-71-86(34-30-22-18-12-4)100(72-85(99)33-29-21-17-11-3)96-64-60-92(68-74(96)8)104(90-57-49-82(50-58-90)80-45-53-88(102)54-46-80)94-62-66-98(78(14-6)70-94)84-41-37-76(38-42-84)32-28-26-24-20-16-10-2/h35-69,71-72,78H,9-34,70H2,1-8H3. The van der Waals surface area contributed by atoms with Crippen molar-refractivity contribution >= 4 is 65.9 Å². The number of rotatable bonds is 38. The minimum absolute atomic E-state index is 0.397. The first-order valence-corrected chi connectivity index (χ1v) is 42.0. The molecule has 0 saturated carbocycles. The maximum atomic E-state index is 3.67. The van der Waals surface area contributed by atoms with Crippen LogP contribution in [0.25, 0.3) is 61.2 Å². The van der Waals surface area contributed by atoms with Gasteiger partial charge < -0.3 is 9.80 Å². The number of anilines is 5. The molecule has 0 bridgehead atoms. The van der Waals surface area contributed by atoms with Crippen molar-refractivity contribution < 1.29 is 0 Å². The average Bonchev–Trinajstić information content (AvgIpc) is 0.743. The average molecular weight is 1510 g/mol. The molecule has 0 heterocycles. The second-order valence-corrected chi connectivity index (χ2v) is 31.6. The zero-order valence-electron chi connectivity index (χ0n) is 64.2. The number of allylic oxidation sites excluding steroid dienone is 4. The molecule has 540 valence electrons. The zero-order chi connectivity index (χ0) is 72.6. The molecule has 4 heteroatoms. The molecule has 0 spiro atoms. The fraction of sp³-hybridized carbons (Fsp3) is 0.360. The fourth-order valence-corrected chi connectivity index (χ4v) is 16.5. The Balaban J connectivity index is 0.956. The molecule has 0 N–H and O–H groups in total. The van der Waals surface area contributed by atoms with E-state index in [1.54, 1.807) is 0 Å². The van der Waals surface area contributed by atoms with Crippen LogP contribution in [0.4, 0.5) is 28.4 Å². The van der Waals surface area contributed by atoms with Crippen LogP contribution in [0.3, 0.4) is 0 Å². The quantitative estimate of drug-likeness (QED) is 0.0356. The van der Waals surface area contributed by atoms with Crippen molar-refractivity contribution in [2.75, 3.05) is 9.80 Å². The summed E-state index contributed by atoms with van der Waals surface area (Å²) in [4.78, 5) is 5.06. The van der Waals surface area contributed by atoms with Crippen molar-refractivity contribution in [2.45, 2.75) is 229 Å². The van der Waals surface area contributed by atoms with E-state index in [4.69, 9.17) is 0 Å². The molecule has 0 aromatic heterocycles. The highest BCUT2D eigenvalue weighted by Gasteiger charge is 2.27. The molecule has 0 saturated heterocycles. The third-order valence-electron chi connectivity index (χ3n) is 22.1. The van der Waals surface area contributed by atoms with Crippen LogP contribution in [0.2, 0.25) is 0 Å². The number of hydrogen-bond acceptors (Lipinski definition) is 2. The van der Waals surface area contributed by atoms with E-state index in [1.807, 2.05) is 0 Å². The molecular weight excluding hydrogens is 1390 g/mol. The van der Waals surface area contributed by atoms with Gasteiger partial charge in [0.15, 0.2) is 0 Å².